The maximum Gasteiger partial charge on any atom is 0.259 e. The van der Waals surface area contributed by atoms with Crippen LogP contribution in [-0.2, 0) is 9.53 Å². The number of nitrogens with zero attached hydrogens (tertiary/aromatic N) is 1. The van der Waals surface area contributed by atoms with Crippen molar-refractivity contribution in [1.29, 1.82) is 0 Å². The fraction of sp³-hybridized carbons (Fsp3) is 0.304. The van der Waals surface area contributed by atoms with Crippen LogP contribution >= 0.6 is 23.1 Å². The second-order valence-corrected chi connectivity index (χ2v) is 8.86. The number of fused-ring (bicyclic) bond motifs is 1. The van der Waals surface area contributed by atoms with Gasteiger partial charge in [0.1, 0.15) is 0 Å². The number of aromatic nitrogens is 1. The van der Waals surface area contributed by atoms with Crippen LogP contribution in [0.5, 0.6) is 11.5 Å². The number of carbonyl (C=O) groups excluding carboxylic acids is 1. The van der Waals surface area contributed by atoms with Crippen molar-refractivity contribution in [3.63, 3.8) is 0 Å². The van der Waals surface area contributed by atoms with Crippen LogP contribution in [0.15, 0.2) is 52.9 Å². The Morgan fingerprint density at radius 1 is 1.16 bits per heavy atom. The Hall–Kier alpha value is -2.55. The van der Waals surface area contributed by atoms with Gasteiger partial charge in [-0.15, -0.1) is 11.8 Å². The molecule has 0 saturated heterocycles. The molecule has 0 fully saturated rings. The molecule has 8 heteroatoms. The summed E-state index contributed by atoms with van der Waals surface area (Å²) in [6.07, 6.45) is 3.22. The molecule has 1 atom stereocenters. The lowest BCUT2D eigenvalue weighted by molar-refractivity contribution is -0.127. The number of nitrogens with one attached hydrogen (secondary N) is 1. The van der Waals surface area contributed by atoms with Crippen molar-refractivity contribution in [2.24, 2.45) is 0 Å². The smallest absolute Gasteiger partial charge is 0.259 e. The molecule has 1 amide bonds. The molecular weight excluding hydrogens is 432 g/mol. The molecule has 1 unspecified atom stereocenters. The molecule has 1 N–H and O–H groups in total. The van der Waals surface area contributed by atoms with Crippen molar-refractivity contribution >= 4 is 44.4 Å². The summed E-state index contributed by atoms with van der Waals surface area (Å²) >= 11 is 3.02. The average molecular weight is 459 g/mol. The van der Waals surface area contributed by atoms with Gasteiger partial charge in [0, 0.05) is 17.0 Å². The molecule has 164 valence electrons. The summed E-state index contributed by atoms with van der Waals surface area (Å²) in [6, 6.07) is 11.5. The fourth-order valence-electron chi connectivity index (χ4n) is 2.89. The Morgan fingerprint density at radius 3 is 2.45 bits per heavy atom. The minimum absolute atomic E-state index is 0.267. The Labute approximate surface area is 190 Å². The molecule has 3 rings (SSSR count). The Kier molecular flexibility index (Phi) is 7.95. The van der Waals surface area contributed by atoms with Crippen molar-refractivity contribution in [3.05, 3.63) is 53.6 Å². The SMILES string of the molecule is COc1cc2nc(NC(=O)C(OCC=C(C)C)c3ccc(SC)cc3)sc2cc1OC. The van der Waals surface area contributed by atoms with Crippen LogP contribution in [0.3, 0.4) is 0 Å². The number of carbonyl (C=O) groups is 1. The van der Waals surface area contributed by atoms with Crippen LogP contribution in [0.1, 0.15) is 25.5 Å². The highest BCUT2D eigenvalue weighted by molar-refractivity contribution is 7.98. The van der Waals surface area contributed by atoms with E-state index in [1.54, 1.807) is 32.0 Å². The summed E-state index contributed by atoms with van der Waals surface area (Å²) in [5, 5.41) is 3.40. The first-order valence-electron chi connectivity index (χ1n) is 9.67. The lowest BCUT2D eigenvalue weighted by atomic mass is 10.1. The van der Waals surface area contributed by atoms with E-state index in [1.807, 2.05) is 56.5 Å². The van der Waals surface area contributed by atoms with Gasteiger partial charge in [-0.05, 0) is 37.8 Å². The summed E-state index contributed by atoms with van der Waals surface area (Å²) in [7, 11) is 3.17. The van der Waals surface area contributed by atoms with Gasteiger partial charge in [0.2, 0.25) is 0 Å². The summed E-state index contributed by atoms with van der Waals surface area (Å²) < 4.78 is 17.5. The van der Waals surface area contributed by atoms with E-state index >= 15 is 0 Å². The highest BCUT2D eigenvalue weighted by Crippen LogP contribution is 2.36. The summed E-state index contributed by atoms with van der Waals surface area (Å²) in [5.74, 6) is 0.945. The first kappa shape index (κ1) is 23.1. The zero-order valence-corrected chi connectivity index (χ0v) is 19.9. The Bertz CT molecular complexity index is 1030. The number of thioether (sulfide) groups is 1. The van der Waals surface area contributed by atoms with E-state index in [2.05, 4.69) is 10.3 Å². The van der Waals surface area contributed by atoms with Gasteiger partial charge in [0.25, 0.3) is 5.91 Å². The fourth-order valence-corrected chi connectivity index (χ4v) is 4.18. The first-order valence-corrected chi connectivity index (χ1v) is 11.7. The van der Waals surface area contributed by atoms with Gasteiger partial charge < -0.3 is 14.2 Å². The number of ether oxygens (including phenoxy) is 3. The van der Waals surface area contributed by atoms with E-state index < -0.39 is 6.10 Å². The predicted molar refractivity (Wildman–Crippen MR) is 128 cm³/mol. The average Bonchev–Trinajstić information content (AvgIpc) is 3.16. The van der Waals surface area contributed by atoms with Crippen molar-refractivity contribution in [2.75, 3.05) is 32.4 Å². The number of anilines is 1. The van der Waals surface area contributed by atoms with Crippen LogP contribution in [0, 0.1) is 0 Å². The molecule has 31 heavy (non-hydrogen) atoms. The van der Waals surface area contributed by atoms with Crippen molar-refractivity contribution in [1.82, 2.24) is 4.98 Å². The standard InChI is InChI=1S/C23H26N2O4S2/c1-14(2)10-11-29-21(15-6-8-16(30-5)9-7-15)22(26)25-23-24-17-12-18(27-3)19(28-4)13-20(17)31-23/h6-10,12-13,21H,11H2,1-5H3,(H,24,25,26). The molecule has 2 aromatic carbocycles. The maximum atomic E-state index is 13.1. The lowest BCUT2D eigenvalue weighted by Gasteiger charge is -2.17. The molecule has 0 bridgehead atoms. The Morgan fingerprint density at radius 2 is 1.84 bits per heavy atom. The molecule has 6 nitrogen and oxygen atoms in total. The number of allylic oxidation sites excluding steroid dienone is 1. The monoisotopic (exact) mass is 458 g/mol. The molecule has 0 aliphatic heterocycles. The summed E-state index contributed by atoms with van der Waals surface area (Å²) in [6.45, 7) is 4.34. The zero-order chi connectivity index (χ0) is 22.4. The zero-order valence-electron chi connectivity index (χ0n) is 18.2. The molecular formula is C23H26N2O4S2. The van der Waals surface area contributed by atoms with Crippen LogP contribution in [0.25, 0.3) is 10.2 Å². The van der Waals surface area contributed by atoms with Crippen molar-refractivity contribution in [3.8, 4) is 11.5 Å². The highest BCUT2D eigenvalue weighted by atomic mass is 32.2. The van der Waals surface area contributed by atoms with E-state index in [-0.39, 0.29) is 5.91 Å². The number of thiazole rings is 1. The van der Waals surface area contributed by atoms with Gasteiger partial charge in [0.15, 0.2) is 22.7 Å². The van der Waals surface area contributed by atoms with Gasteiger partial charge in [-0.1, -0.05) is 35.1 Å². The maximum absolute atomic E-state index is 13.1. The second-order valence-electron chi connectivity index (χ2n) is 6.95. The molecule has 0 radical (unpaired) electrons. The third-order valence-electron chi connectivity index (χ3n) is 4.54. The number of rotatable bonds is 9. The topological polar surface area (TPSA) is 69.7 Å². The van der Waals surface area contributed by atoms with Crippen molar-refractivity contribution < 1.29 is 19.0 Å². The van der Waals surface area contributed by atoms with Gasteiger partial charge in [-0.3, -0.25) is 10.1 Å². The van der Waals surface area contributed by atoms with Crippen LogP contribution in [0.4, 0.5) is 5.13 Å². The summed E-state index contributed by atoms with van der Waals surface area (Å²) in [5.41, 5.74) is 2.65. The van der Waals surface area contributed by atoms with Crippen LogP contribution in [0.2, 0.25) is 0 Å². The number of benzene rings is 2. The van der Waals surface area contributed by atoms with Gasteiger partial charge in [-0.25, -0.2) is 4.98 Å². The largest absolute Gasteiger partial charge is 0.493 e. The number of amides is 1. The van der Waals surface area contributed by atoms with Gasteiger partial charge in [0.05, 0.1) is 31.0 Å². The quantitative estimate of drug-likeness (QED) is 0.328. The van der Waals surface area contributed by atoms with Gasteiger partial charge in [-0.2, -0.15) is 0 Å². The lowest BCUT2D eigenvalue weighted by Crippen LogP contribution is -2.23. The third kappa shape index (κ3) is 5.78. The molecule has 0 aliphatic rings. The number of methoxy groups -OCH3 is 2. The minimum atomic E-state index is -0.748. The second kappa shape index (κ2) is 10.7. The molecule has 1 aromatic heterocycles. The van der Waals surface area contributed by atoms with E-state index in [9.17, 15) is 4.79 Å². The molecule has 0 spiro atoms. The normalized spacial score (nSPS) is 11.8. The van der Waals surface area contributed by atoms with E-state index in [0.717, 1.165) is 26.2 Å². The minimum Gasteiger partial charge on any atom is -0.493 e. The molecule has 0 saturated carbocycles. The third-order valence-corrected chi connectivity index (χ3v) is 6.21. The van der Waals surface area contributed by atoms with Gasteiger partial charge >= 0.3 is 0 Å². The molecule has 0 aliphatic carbocycles. The molecule has 3 aromatic rings. The number of hydrogen-bond acceptors (Lipinski definition) is 7. The Balaban J connectivity index is 1.85. The molecule has 1 heterocycles. The highest BCUT2D eigenvalue weighted by Gasteiger charge is 2.23. The van der Waals surface area contributed by atoms with Crippen molar-refractivity contribution in [2.45, 2.75) is 24.8 Å². The summed E-state index contributed by atoms with van der Waals surface area (Å²) in [4.78, 5) is 18.8. The number of hydrogen-bond donors (Lipinski definition) is 1. The van der Waals surface area contributed by atoms with E-state index in [0.29, 0.717) is 23.2 Å². The van der Waals surface area contributed by atoms with E-state index in [4.69, 9.17) is 14.2 Å². The van der Waals surface area contributed by atoms with Crippen LogP contribution in [-0.4, -0.2) is 38.0 Å². The first-order chi connectivity index (χ1) is 14.9. The van der Waals surface area contributed by atoms with Crippen LogP contribution < -0.4 is 14.8 Å². The predicted octanol–water partition coefficient (Wildman–Crippen LogP) is 5.70. The van der Waals surface area contributed by atoms with E-state index in [1.165, 1.54) is 11.3 Å².